The van der Waals surface area contributed by atoms with Gasteiger partial charge in [0.15, 0.2) is 5.76 Å². The average Bonchev–Trinajstić information content (AvgIpc) is 3.26. The van der Waals surface area contributed by atoms with Gasteiger partial charge in [0.25, 0.3) is 17.7 Å². The molecule has 0 bridgehead atoms. The minimum absolute atomic E-state index is 0.0476. The van der Waals surface area contributed by atoms with E-state index in [1.165, 1.54) is 0 Å². The Morgan fingerprint density at radius 3 is 2.43 bits per heavy atom. The molecule has 3 heterocycles. The molecular weight excluding hydrogens is 390 g/mol. The monoisotopic (exact) mass is 417 g/mol. The number of hydrazine groups is 1. The van der Waals surface area contributed by atoms with Crippen LogP contribution in [0.5, 0.6) is 0 Å². The van der Waals surface area contributed by atoms with Gasteiger partial charge < -0.3 is 14.6 Å². The first-order chi connectivity index (χ1) is 14.4. The summed E-state index contributed by atoms with van der Waals surface area (Å²) >= 11 is 0. The largest absolute Gasteiger partial charge is 0.456 e. The summed E-state index contributed by atoms with van der Waals surface area (Å²) in [6.45, 7) is 3.81. The number of urea groups is 1. The number of furan rings is 1. The number of carbonyl (C=O) groups is 4. The first-order valence-electron chi connectivity index (χ1n) is 10.4. The number of carbonyl (C=O) groups excluding carboxylic acids is 4. The van der Waals surface area contributed by atoms with Crippen LogP contribution in [-0.2, 0) is 9.59 Å². The van der Waals surface area contributed by atoms with Crippen molar-refractivity contribution < 1.29 is 23.6 Å². The van der Waals surface area contributed by atoms with Gasteiger partial charge in [0.1, 0.15) is 11.3 Å². The van der Waals surface area contributed by atoms with Crippen molar-refractivity contribution in [3.63, 3.8) is 0 Å². The fourth-order valence-corrected chi connectivity index (χ4v) is 4.39. The third-order valence-corrected chi connectivity index (χ3v) is 6.08. The van der Waals surface area contributed by atoms with Gasteiger partial charge in [-0.05, 0) is 31.9 Å². The van der Waals surface area contributed by atoms with Crippen LogP contribution in [0, 0.1) is 6.92 Å². The molecular formula is C20H27N5O5. The third-order valence-electron chi connectivity index (χ3n) is 6.08. The highest BCUT2D eigenvalue weighted by Gasteiger charge is 2.52. The molecule has 162 valence electrons. The molecule has 3 aliphatic rings. The Hall–Kier alpha value is -2.88. The number of imide groups is 1. The molecule has 0 aromatic carbocycles. The zero-order valence-corrected chi connectivity index (χ0v) is 17.1. The normalized spacial score (nSPS) is 21.8. The molecule has 2 saturated heterocycles. The van der Waals surface area contributed by atoms with Crippen molar-refractivity contribution in [1.29, 1.82) is 0 Å². The zero-order valence-electron chi connectivity index (χ0n) is 17.1. The van der Waals surface area contributed by atoms with Gasteiger partial charge in [-0.2, -0.15) is 5.01 Å². The molecule has 4 rings (SSSR count). The van der Waals surface area contributed by atoms with E-state index in [1.54, 1.807) is 24.0 Å². The van der Waals surface area contributed by atoms with Gasteiger partial charge in [-0.15, -0.1) is 0 Å². The van der Waals surface area contributed by atoms with Crippen LogP contribution in [0.3, 0.4) is 0 Å². The van der Waals surface area contributed by atoms with Crippen LogP contribution in [0.1, 0.15) is 48.4 Å². The SMILES string of the molecule is Cc1ccc(C(=O)N2CCN(CC(=O)NN3C(=O)NC4(CCCCC4)C3=O)CC2)o1. The Labute approximate surface area is 174 Å². The minimum Gasteiger partial charge on any atom is -0.456 e. The van der Waals surface area contributed by atoms with Crippen LogP contribution in [0.15, 0.2) is 16.5 Å². The zero-order chi connectivity index (χ0) is 21.3. The molecule has 10 nitrogen and oxygen atoms in total. The van der Waals surface area contributed by atoms with E-state index in [2.05, 4.69) is 10.7 Å². The van der Waals surface area contributed by atoms with Crippen molar-refractivity contribution in [2.45, 2.75) is 44.6 Å². The van der Waals surface area contributed by atoms with E-state index in [1.807, 2.05) is 4.90 Å². The highest BCUT2D eigenvalue weighted by Crippen LogP contribution is 2.32. The van der Waals surface area contributed by atoms with Crippen LogP contribution in [0.25, 0.3) is 0 Å². The van der Waals surface area contributed by atoms with Crippen LogP contribution >= 0.6 is 0 Å². The van der Waals surface area contributed by atoms with Gasteiger partial charge in [0, 0.05) is 26.2 Å². The highest BCUT2D eigenvalue weighted by molar-refractivity contribution is 6.08. The molecule has 0 radical (unpaired) electrons. The second-order valence-electron chi connectivity index (χ2n) is 8.23. The first-order valence-corrected chi connectivity index (χ1v) is 10.4. The maximum atomic E-state index is 12.7. The number of aryl methyl sites for hydroxylation is 1. The van der Waals surface area contributed by atoms with E-state index >= 15 is 0 Å². The van der Waals surface area contributed by atoms with Gasteiger partial charge in [0.2, 0.25) is 0 Å². The van der Waals surface area contributed by atoms with Crippen molar-refractivity contribution in [2.24, 2.45) is 0 Å². The molecule has 1 saturated carbocycles. The third kappa shape index (κ3) is 3.91. The average molecular weight is 417 g/mol. The van der Waals surface area contributed by atoms with Crippen LogP contribution in [0.2, 0.25) is 0 Å². The number of amides is 5. The first kappa shape index (κ1) is 20.4. The fourth-order valence-electron chi connectivity index (χ4n) is 4.39. The predicted octanol–water partition coefficient (Wildman–Crippen LogP) is 0.632. The van der Waals surface area contributed by atoms with Crippen molar-refractivity contribution in [3.05, 3.63) is 23.7 Å². The van der Waals surface area contributed by atoms with Crippen LogP contribution in [0.4, 0.5) is 4.79 Å². The lowest BCUT2D eigenvalue weighted by atomic mass is 9.82. The number of hydrogen-bond acceptors (Lipinski definition) is 6. The smallest absolute Gasteiger partial charge is 0.344 e. The summed E-state index contributed by atoms with van der Waals surface area (Å²) in [5.74, 6) is 0.0415. The second kappa shape index (κ2) is 8.10. The van der Waals surface area contributed by atoms with E-state index < -0.39 is 17.5 Å². The van der Waals surface area contributed by atoms with Crippen molar-refractivity contribution in [2.75, 3.05) is 32.7 Å². The quantitative estimate of drug-likeness (QED) is 0.695. The summed E-state index contributed by atoms with van der Waals surface area (Å²) in [5, 5.41) is 3.60. The van der Waals surface area contributed by atoms with E-state index in [0.717, 1.165) is 24.3 Å². The number of rotatable bonds is 4. The molecule has 1 aliphatic carbocycles. The van der Waals surface area contributed by atoms with Crippen molar-refractivity contribution >= 4 is 23.8 Å². The summed E-state index contributed by atoms with van der Waals surface area (Å²) in [7, 11) is 0. The summed E-state index contributed by atoms with van der Waals surface area (Å²) < 4.78 is 5.39. The van der Waals surface area contributed by atoms with Gasteiger partial charge in [-0.3, -0.25) is 24.7 Å². The number of nitrogens with zero attached hydrogens (tertiary/aromatic N) is 3. The van der Waals surface area contributed by atoms with Gasteiger partial charge >= 0.3 is 6.03 Å². The Morgan fingerprint density at radius 1 is 1.10 bits per heavy atom. The number of piperazine rings is 1. The van der Waals surface area contributed by atoms with E-state index in [0.29, 0.717) is 50.5 Å². The Morgan fingerprint density at radius 2 is 1.80 bits per heavy atom. The standard InChI is InChI=1S/C20H27N5O5/c1-14-5-6-15(30-14)17(27)24-11-9-23(10-12-24)13-16(26)22-25-18(28)20(21-19(25)29)7-3-2-4-8-20/h5-6H,2-4,7-13H2,1H3,(H,21,29)(H,22,26). The van der Waals surface area contributed by atoms with E-state index in [9.17, 15) is 19.2 Å². The Bertz CT molecular complexity index is 852. The molecule has 2 N–H and O–H groups in total. The minimum atomic E-state index is -0.862. The summed E-state index contributed by atoms with van der Waals surface area (Å²) in [4.78, 5) is 53.5. The maximum absolute atomic E-state index is 12.7. The lowest BCUT2D eigenvalue weighted by Crippen LogP contribution is -2.55. The predicted molar refractivity (Wildman–Crippen MR) is 105 cm³/mol. The fraction of sp³-hybridized carbons (Fsp3) is 0.600. The molecule has 0 atom stereocenters. The lowest BCUT2D eigenvalue weighted by molar-refractivity contribution is -0.140. The molecule has 1 spiro atoms. The molecule has 5 amide bonds. The molecule has 1 aromatic heterocycles. The number of nitrogens with one attached hydrogen (secondary N) is 2. The number of hydrogen-bond donors (Lipinski definition) is 2. The molecule has 2 aliphatic heterocycles. The molecule has 0 unspecified atom stereocenters. The van der Waals surface area contributed by atoms with E-state index in [-0.39, 0.29) is 18.4 Å². The van der Waals surface area contributed by atoms with E-state index in [4.69, 9.17) is 4.42 Å². The maximum Gasteiger partial charge on any atom is 0.344 e. The molecule has 3 fully saturated rings. The molecule has 1 aromatic rings. The summed E-state index contributed by atoms with van der Waals surface area (Å²) in [5.41, 5.74) is 1.59. The Balaban J connectivity index is 1.27. The van der Waals surface area contributed by atoms with Gasteiger partial charge in [0.05, 0.1) is 6.54 Å². The topological polar surface area (TPSA) is 115 Å². The molecule has 30 heavy (non-hydrogen) atoms. The van der Waals surface area contributed by atoms with Crippen molar-refractivity contribution in [1.82, 2.24) is 25.6 Å². The van der Waals surface area contributed by atoms with Crippen LogP contribution in [-0.4, -0.2) is 76.8 Å². The van der Waals surface area contributed by atoms with Gasteiger partial charge in [-0.1, -0.05) is 19.3 Å². The summed E-state index contributed by atoms with van der Waals surface area (Å²) in [6.07, 6.45) is 4.03. The lowest BCUT2D eigenvalue weighted by Gasteiger charge is -2.34. The van der Waals surface area contributed by atoms with Gasteiger partial charge in [-0.25, -0.2) is 4.79 Å². The van der Waals surface area contributed by atoms with Crippen LogP contribution < -0.4 is 10.7 Å². The summed E-state index contributed by atoms with van der Waals surface area (Å²) in [6, 6.07) is 2.84. The second-order valence-corrected chi connectivity index (χ2v) is 8.23. The highest BCUT2D eigenvalue weighted by atomic mass is 16.3. The molecule has 10 heteroatoms. The Kier molecular flexibility index (Phi) is 5.50. The van der Waals surface area contributed by atoms with Crippen molar-refractivity contribution in [3.8, 4) is 0 Å².